The van der Waals surface area contributed by atoms with Crippen LogP contribution in [0.15, 0.2) is 36.0 Å². The van der Waals surface area contributed by atoms with Gasteiger partial charge in [0.1, 0.15) is 10.7 Å². The third-order valence-electron chi connectivity index (χ3n) is 3.68. The van der Waals surface area contributed by atoms with Crippen LogP contribution >= 0.6 is 11.3 Å². The molecule has 1 N–H and O–H groups in total. The molecule has 3 rings (SSSR count). The Morgan fingerprint density at radius 1 is 1.35 bits per heavy atom. The normalized spacial score (nSPS) is 12.1. The molecule has 118 valence electrons. The highest BCUT2D eigenvalue weighted by molar-refractivity contribution is 7.09. The Morgan fingerprint density at radius 2 is 2.09 bits per heavy atom. The van der Waals surface area contributed by atoms with Gasteiger partial charge in [-0.25, -0.2) is 4.98 Å². The Kier molecular flexibility index (Phi) is 4.20. The number of carbonyl (C=O) groups excluding carboxylic acids is 1. The molecule has 3 aromatic rings. The standard InChI is InChI=1S/C16H17N5OS/c1-10-9-23-15(18-10)11(2)21(3)16(22)14-8-13(19-20-14)12-4-6-17-7-5-12/h4-9,11H,1-3H3,(H,19,20)/t11-/m1/s1. The smallest absolute Gasteiger partial charge is 0.272 e. The number of pyridine rings is 1. The zero-order chi connectivity index (χ0) is 16.4. The van der Waals surface area contributed by atoms with Gasteiger partial charge in [-0.1, -0.05) is 0 Å². The lowest BCUT2D eigenvalue weighted by Crippen LogP contribution is -2.29. The largest absolute Gasteiger partial charge is 0.331 e. The summed E-state index contributed by atoms with van der Waals surface area (Å²) >= 11 is 1.56. The zero-order valence-electron chi connectivity index (χ0n) is 13.1. The molecule has 0 aliphatic heterocycles. The van der Waals surface area contributed by atoms with Gasteiger partial charge in [0.25, 0.3) is 5.91 Å². The van der Waals surface area contributed by atoms with E-state index in [1.54, 1.807) is 41.7 Å². The molecule has 0 saturated carbocycles. The fraction of sp³-hybridized carbons (Fsp3) is 0.250. The Labute approximate surface area is 138 Å². The Hall–Kier alpha value is -2.54. The summed E-state index contributed by atoms with van der Waals surface area (Å²) in [4.78, 5) is 22.7. The maximum absolute atomic E-state index is 12.6. The molecule has 23 heavy (non-hydrogen) atoms. The lowest BCUT2D eigenvalue weighted by molar-refractivity contribution is 0.0736. The first-order valence-corrected chi connectivity index (χ1v) is 8.09. The van der Waals surface area contributed by atoms with E-state index < -0.39 is 0 Å². The van der Waals surface area contributed by atoms with Crippen LogP contribution in [0.1, 0.15) is 34.2 Å². The molecule has 0 radical (unpaired) electrons. The molecule has 0 aromatic carbocycles. The zero-order valence-corrected chi connectivity index (χ0v) is 14.0. The van der Waals surface area contributed by atoms with Gasteiger partial charge in [0.2, 0.25) is 0 Å². The number of aromatic nitrogens is 4. The second kappa shape index (κ2) is 6.29. The van der Waals surface area contributed by atoms with Crippen molar-refractivity contribution in [3.05, 3.63) is 52.4 Å². The molecule has 6 nitrogen and oxygen atoms in total. The number of nitrogens with one attached hydrogen (secondary N) is 1. The molecule has 0 aliphatic carbocycles. The van der Waals surface area contributed by atoms with Crippen molar-refractivity contribution in [1.29, 1.82) is 0 Å². The van der Waals surface area contributed by atoms with Crippen molar-refractivity contribution >= 4 is 17.2 Å². The fourth-order valence-electron chi connectivity index (χ4n) is 2.20. The van der Waals surface area contributed by atoms with Gasteiger partial charge in [0.05, 0.1) is 11.7 Å². The van der Waals surface area contributed by atoms with Gasteiger partial charge in [-0.2, -0.15) is 5.10 Å². The molecule has 0 aliphatic rings. The highest BCUT2D eigenvalue weighted by atomic mass is 32.1. The predicted molar refractivity (Wildman–Crippen MR) is 89.2 cm³/mol. The Morgan fingerprint density at radius 3 is 2.74 bits per heavy atom. The van der Waals surface area contributed by atoms with E-state index in [9.17, 15) is 4.79 Å². The number of carbonyl (C=O) groups is 1. The van der Waals surface area contributed by atoms with E-state index in [0.29, 0.717) is 5.69 Å². The quantitative estimate of drug-likeness (QED) is 0.799. The average molecular weight is 327 g/mol. The molecule has 0 spiro atoms. The van der Waals surface area contributed by atoms with Gasteiger partial charge in [0, 0.05) is 36.1 Å². The van der Waals surface area contributed by atoms with Crippen molar-refractivity contribution in [2.24, 2.45) is 0 Å². The molecule has 7 heteroatoms. The van der Waals surface area contributed by atoms with Gasteiger partial charge in [-0.15, -0.1) is 11.3 Å². The van der Waals surface area contributed by atoms with Gasteiger partial charge in [-0.3, -0.25) is 14.9 Å². The molecule has 0 unspecified atom stereocenters. The molecule has 0 bridgehead atoms. The molecule has 0 fully saturated rings. The summed E-state index contributed by atoms with van der Waals surface area (Å²) in [7, 11) is 1.77. The highest BCUT2D eigenvalue weighted by Crippen LogP contribution is 2.24. The van der Waals surface area contributed by atoms with Crippen LogP contribution in [-0.2, 0) is 0 Å². The summed E-state index contributed by atoms with van der Waals surface area (Å²) in [5, 5.41) is 9.94. The number of hydrogen-bond acceptors (Lipinski definition) is 5. The Balaban J connectivity index is 1.79. The minimum Gasteiger partial charge on any atom is -0.331 e. The molecular formula is C16H17N5OS. The molecule has 3 aromatic heterocycles. The maximum atomic E-state index is 12.6. The van der Waals surface area contributed by atoms with E-state index in [0.717, 1.165) is 22.0 Å². The van der Waals surface area contributed by atoms with Gasteiger partial charge >= 0.3 is 0 Å². The van der Waals surface area contributed by atoms with Crippen molar-refractivity contribution in [3.8, 4) is 11.3 Å². The summed E-state index contributed by atoms with van der Waals surface area (Å²) in [6.45, 7) is 3.92. The van der Waals surface area contributed by atoms with Crippen LogP contribution in [-0.4, -0.2) is 38.0 Å². The number of amides is 1. The van der Waals surface area contributed by atoms with Crippen molar-refractivity contribution in [1.82, 2.24) is 25.1 Å². The summed E-state index contributed by atoms with van der Waals surface area (Å²) < 4.78 is 0. The Bertz CT molecular complexity index is 811. The average Bonchev–Trinajstić information content (AvgIpc) is 3.23. The maximum Gasteiger partial charge on any atom is 0.272 e. The van der Waals surface area contributed by atoms with Crippen molar-refractivity contribution in [2.75, 3.05) is 7.05 Å². The number of aromatic amines is 1. The van der Waals surface area contributed by atoms with Crippen LogP contribution in [0.5, 0.6) is 0 Å². The number of aryl methyl sites for hydroxylation is 1. The lowest BCUT2D eigenvalue weighted by Gasteiger charge is -2.22. The summed E-state index contributed by atoms with van der Waals surface area (Å²) in [6.07, 6.45) is 3.40. The molecule has 0 saturated heterocycles. The van der Waals surface area contributed by atoms with Crippen LogP contribution in [0, 0.1) is 6.92 Å². The van der Waals surface area contributed by atoms with Crippen LogP contribution in [0.2, 0.25) is 0 Å². The highest BCUT2D eigenvalue weighted by Gasteiger charge is 2.22. The minimum atomic E-state index is -0.113. The number of H-pyrrole nitrogens is 1. The van der Waals surface area contributed by atoms with E-state index in [2.05, 4.69) is 20.2 Å². The summed E-state index contributed by atoms with van der Waals surface area (Å²) in [5.74, 6) is -0.113. The van der Waals surface area contributed by atoms with E-state index in [-0.39, 0.29) is 11.9 Å². The first-order chi connectivity index (χ1) is 11.1. The monoisotopic (exact) mass is 327 g/mol. The van der Waals surface area contributed by atoms with Crippen molar-refractivity contribution < 1.29 is 4.79 Å². The first kappa shape index (κ1) is 15.4. The summed E-state index contributed by atoms with van der Waals surface area (Å²) in [5.41, 5.74) is 3.07. The first-order valence-electron chi connectivity index (χ1n) is 7.21. The molecule has 1 amide bonds. The second-order valence-electron chi connectivity index (χ2n) is 5.32. The SMILES string of the molecule is Cc1csc([C@@H](C)N(C)C(=O)c2cc(-c3ccncc3)n[nH]2)n1. The minimum absolute atomic E-state index is 0.0890. The van der Waals surface area contributed by atoms with Gasteiger partial charge in [0.15, 0.2) is 0 Å². The fourth-order valence-corrected chi connectivity index (χ4v) is 3.09. The third-order valence-corrected chi connectivity index (χ3v) is 4.81. The van der Waals surface area contributed by atoms with E-state index >= 15 is 0 Å². The van der Waals surface area contributed by atoms with Crippen LogP contribution in [0.3, 0.4) is 0 Å². The van der Waals surface area contributed by atoms with E-state index in [1.807, 2.05) is 31.4 Å². The summed E-state index contributed by atoms with van der Waals surface area (Å²) in [6, 6.07) is 5.38. The topological polar surface area (TPSA) is 74.8 Å². The molecule has 3 heterocycles. The van der Waals surface area contributed by atoms with Crippen molar-refractivity contribution in [2.45, 2.75) is 19.9 Å². The van der Waals surface area contributed by atoms with Crippen LogP contribution < -0.4 is 0 Å². The number of rotatable bonds is 4. The van der Waals surface area contributed by atoms with Gasteiger partial charge < -0.3 is 4.90 Å². The van der Waals surface area contributed by atoms with Crippen LogP contribution in [0.4, 0.5) is 0 Å². The number of hydrogen-bond donors (Lipinski definition) is 1. The second-order valence-corrected chi connectivity index (χ2v) is 6.21. The number of thiazole rings is 1. The predicted octanol–water partition coefficient (Wildman–Crippen LogP) is 3.07. The third kappa shape index (κ3) is 3.14. The van der Waals surface area contributed by atoms with E-state index in [1.165, 1.54) is 0 Å². The van der Waals surface area contributed by atoms with Gasteiger partial charge in [-0.05, 0) is 32.0 Å². The van der Waals surface area contributed by atoms with Crippen molar-refractivity contribution in [3.63, 3.8) is 0 Å². The molecular weight excluding hydrogens is 310 g/mol. The molecule has 1 atom stereocenters. The van der Waals surface area contributed by atoms with E-state index in [4.69, 9.17) is 0 Å². The lowest BCUT2D eigenvalue weighted by atomic mass is 10.2. The van der Waals surface area contributed by atoms with Crippen LogP contribution in [0.25, 0.3) is 11.3 Å². The number of nitrogens with zero attached hydrogens (tertiary/aromatic N) is 4.